The second-order valence-electron chi connectivity index (χ2n) is 7.36. The van der Waals surface area contributed by atoms with Gasteiger partial charge in [0, 0.05) is 24.8 Å². The van der Waals surface area contributed by atoms with E-state index in [-0.39, 0.29) is 24.7 Å². The molecule has 0 saturated heterocycles. The molecule has 0 bridgehead atoms. The molecule has 0 unspecified atom stereocenters. The van der Waals surface area contributed by atoms with Crippen LogP contribution in [0.5, 0.6) is 0 Å². The maximum Gasteiger partial charge on any atom is 0.330 e. The first-order valence-corrected chi connectivity index (χ1v) is 10.5. The first kappa shape index (κ1) is 22.7. The van der Waals surface area contributed by atoms with Crippen molar-refractivity contribution in [1.82, 2.24) is 14.5 Å². The topological polar surface area (TPSA) is 131 Å². The van der Waals surface area contributed by atoms with Crippen LogP contribution in [0.25, 0.3) is 11.3 Å². The van der Waals surface area contributed by atoms with Gasteiger partial charge in [-0.3, -0.25) is 19.1 Å². The van der Waals surface area contributed by atoms with Gasteiger partial charge in [0.05, 0.1) is 19.3 Å². The Morgan fingerprint density at radius 2 is 1.88 bits per heavy atom. The summed E-state index contributed by atoms with van der Waals surface area (Å²) in [4.78, 5) is 44.4. The predicted octanol–water partition coefficient (Wildman–Crippen LogP) is 2.70. The summed E-state index contributed by atoms with van der Waals surface area (Å²) in [6.07, 6.45) is 2.90. The van der Waals surface area contributed by atoms with Gasteiger partial charge in [0.15, 0.2) is 12.2 Å². The van der Waals surface area contributed by atoms with Gasteiger partial charge in [0.2, 0.25) is 0 Å². The van der Waals surface area contributed by atoms with Crippen molar-refractivity contribution in [2.24, 2.45) is 0 Å². The number of ether oxygens (including phenoxy) is 1. The molecule has 4 aromatic rings. The molecule has 0 fully saturated rings. The smallest absolute Gasteiger partial charge is 0.330 e. The van der Waals surface area contributed by atoms with Crippen LogP contribution in [0.4, 0.5) is 11.5 Å². The highest BCUT2D eigenvalue weighted by molar-refractivity contribution is 6.05. The lowest BCUT2D eigenvalue weighted by atomic mass is 10.1. The molecule has 0 aliphatic rings. The Labute approximate surface area is 194 Å². The molecule has 1 amide bonds. The van der Waals surface area contributed by atoms with Crippen LogP contribution < -0.4 is 21.9 Å². The highest BCUT2D eigenvalue weighted by atomic mass is 16.5. The zero-order valence-electron chi connectivity index (χ0n) is 18.4. The monoisotopic (exact) mass is 461 g/mol. The summed E-state index contributed by atoms with van der Waals surface area (Å²) in [5.41, 5.74) is 0.813. The van der Waals surface area contributed by atoms with Crippen LogP contribution in [0.1, 0.15) is 15.9 Å². The number of aromatic amines is 1. The van der Waals surface area contributed by atoms with Crippen molar-refractivity contribution in [3.05, 3.63) is 99.2 Å². The number of hydrogen-bond donors (Lipinski definition) is 3. The number of hydrogen-bond acceptors (Lipinski definition) is 7. The summed E-state index contributed by atoms with van der Waals surface area (Å²) in [6.45, 7) is 0.659. The lowest BCUT2D eigenvalue weighted by molar-refractivity contribution is 0.102. The minimum Gasteiger partial charge on any atom is -0.444 e. The lowest BCUT2D eigenvalue weighted by Gasteiger charge is -2.18. The lowest BCUT2D eigenvalue weighted by Crippen LogP contribution is -2.36. The van der Waals surface area contributed by atoms with Gasteiger partial charge >= 0.3 is 5.69 Å². The van der Waals surface area contributed by atoms with Crippen LogP contribution in [-0.4, -0.2) is 34.2 Å². The van der Waals surface area contributed by atoms with E-state index in [1.165, 1.54) is 18.1 Å². The average Bonchev–Trinajstić information content (AvgIpc) is 3.39. The Kier molecular flexibility index (Phi) is 6.99. The third-order valence-electron chi connectivity index (χ3n) is 5.13. The van der Waals surface area contributed by atoms with Gasteiger partial charge in [-0.05, 0) is 17.7 Å². The van der Waals surface area contributed by atoms with Gasteiger partial charge in [0.25, 0.3) is 11.5 Å². The van der Waals surface area contributed by atoms with E-state index >= 15 is 0 Å². The summed E-state index contributed by atoms with van der Waals surface area (Å²) >= 11 is 0. The molecule has 4 rings (SSSR count). The van der Waals surface area contributed by atoms with Crippen LogP contribution in [0.3, 0.4) is 0 Å². The first-order chi connectivity index (χ1) is 16.6. The van der Waals surface area contributed by atoms with Gasteiger partial charge in [0.1, 0.15) is 11.5 Å². The standard InChI is InChI=1S/C24H23N5O5/c1-33-12-11-29-21(20(23(31)28-24(29)32)26-13-16-5-3-2-4-6-16)27-22(30)18-9-7-17(8-10-18)19-14-25-15-34-19/h2-10,14-15,26H,11-13H2,1H3,(H,27,30)(H,28,31,32). The fourth-order valence-electron chi connectivity index (χ4n) is 3.37. The van der Waals surface area contributed by atoms with E-state index in [4.69, 9.17) is 9.15 Å². The number of methoxy groups -OCH3 is 1. The van der Waals surface area contributed by atoms with Crippen molar-refractivity contribution in [1.29, 1.82) is 0 Å². The number of benzene rings is 2. The van der Waals surface area contributed by atoms with Crippen LogP contribution >= 0.6 is 0 Å². The van der Waals surface area contributed by atoms with E-state index in [0.29, 0.717) is 17.9 Å². The minimum atomic E-state index is -0.650. The number of oxazole rings is 1. The number of nitrogens with one attached hydrogen (secondary N) is 3. The second kappa shape index (κ2) is 10.5. The average molecular weight is 461 g/mol. The molecule has 2 aromatic carbocycles. The van der Waals surface area contributed by atoms with Crippen molar-refractivity contribution in [3.8, 4) is 11.3 Å². The number of carbonyl (C=O) groups excluding carboxylic acids is 1. The van der Waals surface area contributed by atoms with E-state index in [1.54, 1.807) is 30.5 Å². The van der Waals surface area contributed by atoms with E-state index in [9.17, 15) is 14.4 Å². The second-order valence-corrected chi connectivity index (χ2v) is 7.36. The maximum absolute atomic E-state index is 13.1. The molecule has 10 nitrogen and oxygen atoms in total. The largest absolute Gasteiger partial charge is 0.444 e. The number of H-pyrrole nitrogens is 1. The summed E-state index contributed by atoms with van der Waals surface area (Å²) in [6, 6.07) is 16.1. The van der Waals surface area contributed by atoms with E-state index < -0.39 is 17.2 Å². The number of aromatic nitrogens is 3. The minimum absolute atomic E-state index is 0.0612. The van der Waals surface area contributed by atoms with Crippen molar-refractivity contribution in [2.75, 3.05) is 24.4 Å². The van der Waals surface area contributed by atoms with E-state index in [1.807, 2.05) is 30.3 Å². The van der Waals surface area contributed by atoms with E-state index in [2.05, 4.69) is 20.6 Å². The Balaban J connectivity index is 1.65. The first-order valence-electron chi connectivity index (χ1n) is 10.5. The zero-order valence-corrected chi connectivity index (χ0v) is 18.4. The van der Waals surface area contributed by atoms with Gasteiger partial charge in [-0.15, -0.1) is 0 Å². The van der Waals surface area contributed by atoms with E-state index in [0.717, 1.165) is 11.1 Å². The molecule has 0 spiro atoms. The number of anilines is 2. The van der Waals surface area contributed by atoms with Gasteiger partial charge in [-0.1, -0.05) is 42.5 Å². The molecule has 0 radical (unpaired) electrons. The molecule has 2 heterocycles. The molecule has 10 heteroatoms. The molecule has 174 valence electrons. The van der Waals surface area contributed by atoms with Gasteiger partial charge in [-0.2, -0.15) is 0 Å². The molecule has 0 aliphatic heterocycles. The highest BCUT2D eigenvalue weighted by Crippen LogP contribution is 2.21. The van der Waals surface area contributed by atoms with Crippen LogP contribution in [0.15, 0.2) is 81.2 Å². The van der Waals surface area contributed by atoms with Gasteiger partial charge in [-0.25, -0.2) is 9.78 Å². The third kappa shape index (κ3) is 5.13. The molecule has 0 atom stereocenters. The van der Waals surface area contributed by atoms with Crippen molar-refractivity contribution in [2.45, 2.75) is 13.1 Å². The summed E-state index contributed by atoms with van der Waals surface area (Å²) in [5, 5.41) is 5.77. The molecular weight excluding hydrogens is 438 g/mol. The SMILES string of the molecule is COCCn1c(NC(=O)c2ccc(-c3cnco3)cc2)c(NCc2ccccc2)c(=O)[nH]c1=O. The molecule has 0 aliphatic carbocycles. The fraction of sp³-hybridized carbons (Fsp3) is 0.167. The number of rotatable bonds is 9. The van der Waals surface area contributed by atoms with Crippen LogP contribution in [0.2, 0.25) is 0 Å². The normalized spacial score (nSPS) is 10.7. The Bertz CT molecular complexity index is 1360. The maximum atomic E-state index is 13.1. The Morgan fingerprint density at radius 1 is 1.12 bits per heavy atom. The predicted molar refractivity (Wildman–Crippen MR) is 127 cm³/mol. The van der Waals surface area contributed by atoms with Crippen molar-refractivity contribution < 1.29 is 13.9 Å². The highest BCUT2D eigenvalue weighted by Gasteiger charge is 2.18. The summed E-state index contributed by atoms with van der Waals surface area (Å²) in [5.74, 6) is 0.149. The fourth-order valence-corrected chi connectivity index (χ4v) is 3.37. The number of carbonyl (C=O) groups is 1. The zero-order chi connectivity index (χ0) is 23.9. The molecular formula is C24H23N5O5. The van der Waals surface area contributed by atoms with Crippen LogP contribution in [0, 0.1) is 0 Å². The number of amides is 1. The Hall–Kier alpha value is -4.44. The summed E-state index contributed by atoms with van der Waals surface area (Å²) < 4.78 is 11.6. The number of nitrogens with zero attached hydrogens (tertiary/aromatic N) is 2. The summed E-state index contributed by atoms with van der Waals surface area (Å²) in [7, 11) is 1.50. The molecule has 2 aromatic heterocycles. The molecule has 0 saturated carbocycles. The van der Waals surface area contributed by atoms with Crippen LogP contribution in [-0.2, 0) is 17.8 Å². The Morgan fingerprint density at radius 3 is 2.56 bits per heavy atom. The van der Waals surface area contributed by atoms with Crippen molar-refractivity contribution in [3.63, 3.8) is 0 Å². The molecule has 34 heavy (non-hydrogen) atoms. The van der Waals surface area contributed by atoms with Crippen molar-refractivity contribution >= 4 is 17.4 Å². The van der Waals surface area contributed by atoms with Gasteiger partial charge < -0.3 is 19.8 Å². The quantitative estimate of drug-likeness (QED) is 0.349. The third-order valence-corrected chi connectivity index (χ3v) is 5.13. The molecule has 3 N–H and O–H groups in total.